The smallest absolute Gasteiger partial charge is 0.409 e. The average Bonchev–Trinajstić information content (AvgIpc) is 2.47. The van der Waals surface area contributed by atoms with Crippen LogP contribution in [0.1, 0.15) is 33.6 Å². The topological polar surface area (TPSA) is 29.5 Å². The Kier molecular flexibility index (Phi) is 2.84. The van der Waals surface area contributed by atoms with Crippen LogP contribution in [0.25, 0.3) is 0 Å². The van der Waals surface area contributed by atoms with E-state index < -0.39 is 0 Å². The highest BCUT2D eigenvalue weighted by Gasteiger charge is 2.42. The van der Waals surface area contributed by atoms with Crippen LogP contribution in [-0.4, -0.2) is 30.2 Å². The van der Waals surface area contributed by atoms with Crippen LogP contribution in [0.15, 0.2) is 0 Å². The summed E-state index contributed by atoms with van der Waals surface area (Å²) in [6, 6.07) is 0. The summed E-state index contributed by atoms with van der Waals surface area (Å²) in [5.41, 5.74) is -0.00685. The molecule has 0 radical (unpaired) electrons. The minimum absolute atomic E-state index is 0.00685. The number of amides is 1. The predicted molar refractivity (Wildman–Crippen MR) is 51.6 cm³/mol. The molecule has 1 unspecified atom stereocenters. The molecule has 3 heteroatoms. The summed E-state index contributed by atoms with van der Waals surface area (Å²) in [4.78, 5) is 13.3. The summed E-state index contributed by atoms with van der Waals surface area (Å²) in [5, 5.41) is 0. The molecule has 3 nitrogen and oxygen atoms in total. The maximum Gasteiger partial charge on any atom is 0.409 e. The van der Waals surface area contributed by atoms with Gasteiger partial charge in [0.2, 0.25) is 0 Å². The molecule has 1 rings (SSSR count). The minimum atomic E-state index is -0.186. The van der Waals surface area contributed by atoms with Crippen LogP contribution < -0.4 is 0 Å². The number of carbonyl (C=O) groups excluding carboxylic acids is 1. The zero-order chi connectivity index (χ0) is 10.1. The molecule has 0 aromatic carbocycles. The van der Waals surface area contributed by atoms with Crippen molar-refractivity contribution in [3.63, 3.8) is 0 Å². The monoisotopic (exact) mass is 185 g/mol. The predicted octanol–water partition coefficient (Wildman–Crippen LogP) is 2.26. The average molecular weight is 185 g/mol. The molecule has 76 valence electrons. The first-order valence-corrected chi connectivity index (χ1v) is 4.88. The minimum Gasteiger partial charge on any atom is -0.453 e. The maximum absolute atomic E-state index is 11.4. The highest BCUT2D eigenvalue weighted by molar-refractivity contribution is 5.69. The SMILES string of the molecule is COC(=O)N1CCCC1(C)C(C)C. The van der Waals surface area contributed by atoms with Crippen LogP contribution in [-0.2, 0) is 4.74 Å². The Morgan fingerprint density at radius 2 is 2.15 bits per heavy atom. The molecule has 1 aliphatic heterocycles. The van der Waals surface area contributed by atoms with Crippen molar-refractivity contribution in [3.8, 4) is 0 Å². The number of nitrogens with zero attached hydrogens (tertiary/aromatic N) is 1. The molecule has 0 aliphatic carbocycles. The highest BCUT2D eigenvalue weighted by Crippen LogP contribution is 2.35. The number of likely N-dealkylation sites (tertiary alicyclic amines) is 1. The van der Waals surface area contributed by atoms with Gasteiger partial charge < -0.3 is 9.64 Å². The van der Waals surface area contributed by atoms with Crippen LogP contribution in [0.4, 0.5) is 4.79 Å². The van der Waals surface area contributed by atoms with E-state index in [2.05, 4.69) is 20.8 Å². The van der Waals surface area contributed by atoms with E-state index in [9.17, 15) is 4.79 Å². The van der Waals surface area contributed by atoms with Crippen molar-refractivity contribution in [2.45, 2.75) is 39.2 Å². The zero-order valence-corrected chi connectivity index (χ0v) is 8.96. The molecule has 1 aliphatic rings. The Labute approximate surface area is 80.1 Å². The first-order valence-electron chi connectivity index (χ1n) is 4.88. The standard InChI is InChI=1S/C10H19NO2/c1-8(2)10(3)6-5-7-11(10)9(12)13-4/h8H,5-7H2,1-4H3. The van der Waals surface area contributed by atoms with Crippen molar-refractivity contribution in [2.75, 3.05) is 13.7 Å². The number of hydrogen-bond acceptors (Lipinski definition) is 2. The van der Waals surface area contributed by atoms with Gasteiger partial charge in [0.25, 0.3) is 0 Å². The number of methoxy groups -OCH3 is 1. The fourth-order valence-corrected chi connectivity index (χ4v) is 2.00. The van der Waals surface area contributed by atoms with Gasteiger partial charge in [0.15, 0.2) is 0 Å². The largest absolute Gasteiger partial charge is 0.453 e. The fraction of sp³-hybridized carbons (Fsp3) is 0.900. The van der Waals surface area contributed by atoms with E-state index in [0.29, 0.717) is 5.92 Å². The van der Waals surface area contributed by atoms with Crippen LogP contribution in [0.5, 0.6) is 0 Å². The van der Waals surface area contributed by atoms with Gasteiger partial charge >= 0.3 is 6.09 Å². The molecular weight excluding hydrogens is 166 g/mol. The lowest BCUT2D eigenvalue weighted by Gasteiger charge is -2.37. The quantitative estimate of drug-likeness (QED) is 0.627. The van der Waals surface area contributed by atoms with Crippen molar-refractivity contribution in [2.24, 2.45) is 5.92 Å². The third-order valence-electron chi connectivity index (χ3n) is 3.32. The molecule has 0 N–H and O–H groups in total. The molecule has 0 aromatic heterocycles. The van der Waals surface area contributed by atoms with E-state index in [-0.39, 0.29) is 11.6 Å². The second-order valence-electron chi connectivity index (χ2n) is 4.24. The van der Waals surface area contributed by atoms with E-state index in [0.717, 1.165) is 19.4 Å². The van der Waals surface area contributed by atoms with Crippen LogP contribution >= 0.6 is 0 Å². The van der Waals surface area contributed by atoms with Gasteiger partial charge in [-0.3, -0.25) is 0 Å². The van der Waals surface area contributed by atoms with Gasteiger partial charge in [0.05, 0.1) is 7.11 Å². The molecule has 1 saturated heterocycles. The van der Waals surface area contributed by atoms with E-state index in [1.165, 1.54) is 7.11 Å². The van der Waals surface area contributed by atoms with Crippen LogP contribution in [0.3, 0.4) is 0 Å². The molecule has 1 heterocycles. The van der Waals surface area contributed by atoms with Gasteiger partial charge in [-0.1, -0.05) is 13.8 Å². The summed E-state index contributed by atoms with van der Waals surface area (Å²) in [6.07, 6.45) is 1.98. The maximum atomic E-state index is 11.4. The van der Waals surface area contributed by atoms with Gasteiger partial charge in [-0.25, -0.2) is 4.79 Å². The molecular formula is C10H19NO2. The summed E-state index contributed by atoms with van der Waals surface area (Å²) in [7, 11) is 1.45. The second-order valence-corrected chi connectivity index (χ2v) is 4.24. The van der Waals surface area contributed by atoms with E-state index in [4.69, 9.17) is 4.74 Å². The zero-order valence-electron chi connectivity index (χ0n) is 8.96. The van der Waals surface area contributed by atoms with Crippen molar-refractivity contribution < 1.29 is 9.53 Å². The van der Waals surface area contributed by atoms with Gasteiger partial charge in [-0.15, -0.1) is 0 Å². The highest BCUT2D eigenvalue weighted by atomic mass is 16.5. The molecule has 1 atom stereocenters. The molecule has 0 saturated carbocycles. The number of rotatable bonds is 1. The van der Waals surface area contributed by atoms with E-state index in [1.54, 1.807) is 0 Å². The van der Waals surface area contributed by atoms with Crippen molar-refractivity contribution in [1.29, 1.82) is 0 Å². The van der Waals surface area contributed by atoms with Crippen LogP contribution in [0, 0.1) is 5.92 Å². The summed E-state index contributed by atoms with van der Waals surface area (Å²) in [5.74, 6) is 0.481. The number of carbonyl (C=O) groups is 1. The first kappa shape index (κ1) is 10.4. The second kappa shape index (κ2) is 3.56. The lowest BCUT2D eigenvalue weighted by molar-refractivity contribution is 0.0721. The Morgan fingerprint density at radius 3 is 2.62 bits per heavy atom. The van der Waals surface area contributed by atoms with Gasteiger partial charge in [0, 0.05) is 12.1 Å². The Morgan fingerprint density at radius 1 is 1.54 bits per heavy atom. The molecule has 1 fully saturated rings. The number of hydrogen-bond donors (Lipinski definition) is 0. The molecule has 13 heavy (non-hydrogen) atoms. The fourth-order valence-electron chi connectivity index (χ4n) is 2.00. The van der Waals surface area contributed by atoms with Crippen molar-refractivity contribution >= 4 is 6.09 Å². The summed E-state index contributed by atoms with van der Waals surface area (Å²) >= 11 is 0. The first-order chi connectivity index (χ1) is 6.02. The summed E-state index contributed by atoms with van der Waals surface area (Å²) < 4.78 is 4.77. The number of ether oxygens (including phenoxy) is 1. The molecule has 1 amide bonds. The normalized spacial score (nSPS) is 28.2. The lowest BCUT2D eigenvalue weighted by atomic mass is 9.86. The van der Waals surface area contributed by atoms with Crippen molar-refractivity contribution in [3.05, 3.63) is 0 Å². The van der Waals surface area contributed by atoms with E-state index in [1.807, 2.05) is 4.90 Å². The molecule has 0 bridgehead atoms. The van der Waals surface area contributed by atoms with Gasteiger partial charge in [-0.2, -0.15) is 0 Å². The van der Waals surface area contributed by atoms with Gasteiger partial charge in [0.1, 0.15) is 0 Å². The Bertz CT molecular complexity index is 203. The van der Waals surface area contributed by atoms with Crippen LogP contribution in [0.2, 0.25) is 0 Å². The Hall–Kier alpha value is -0.730. The van der Waals surface area contributed by atoms with Gasteiger partial charge in [-0.05, 0) is 25.7 Å². The third-order valence-corrected chi connectivity index (χ3v) is 3.32. The third kappa shape index (κ3) is 1.64. The van der Waals surface area contributed by atoms with Crippen molar-refractivity contribution in [1.82, 2.24) is 4.90 Å². The molecule has 0 aromatic rings. The van der Waals surface area contributed by atoms with E-state index >= 15 is 0 Å². The summed E-state index contributed by atoms with van der Waals surface area (Å²) in [6.45, 7) is 7.28. The Balaban J connectivity index is 2.79. The molecule has 0 spiro atoms. The lowest BCUT2D eigenvalue weighted by Crippen LogP contribution is -2.48.